The zero-order chi connectivity index (χ0) is 18.6. The van der Waals surface area contributed by atoms with E-state index in [1.165, 1.54) is 12.1 Å². The van der Waals surface area contributed by atoms with Crippen molar-refractivity contribution in [1.82, 2.24) is 20.1 Å². The van der Waals surface area contributed by atoms with Gasteiger partial charge in [0, 0.05) is 24.6 Å². The number of rotatable bonds is 6. The van der Waals surface area contributed by atoms with Gasteiger partial charge in [0.15, 0.2) is 5.82 Å². The number of benzene rings is 1. The fourth-order valence-electron chi connectivity index (χ4n) is 3.98. The Kier molecular flexibility index (Phi) is 5.66. The normalized spacial score (nSPS) is 25.2. The first-order chi connectivity index (χ1) is 13.2. The SMILES string of the molecule is OCCn1nc(COc2cccc(F)c2)nc1[C@H]1CC[C@H]2OCCN[C@@H]2C1. The minimum Gasteiger partial charge on any atom is -0.485 e. The lowest BCUT2D eigenvalue weighted by molar-refractivity contribution is -0.0282. The molecular weight excluding hydrogens is 351 g/mol. The molecule has 1 aromatic heterocycles. The van der Waals surface area contributed by atoms with Gasteiger partial charge in [-0.05, 0) is 31.4 Å². The molecule has 27 heavy (non-hydrogen) atoms. The Morgan fingerprint density at radius 1 is 1.37 bits per heavy atom. The molecule has 1 aliphatic heterocycles. The Bertz CT molecular complexity index is 769. The molecule has 0 amide bonds. The van der Waals surface area contributed by atoms with Gasteiger partial charge in [0.25, 0.3) is 0 Å². The first-order valence-corrected chi connectivity index (χ1v) is 9.51. The Hall–Kier alpha value is -2.03. The van der Waals surface area contributed by atoms with Crippen molar-refractivity contribution >= 4 is 0 Å². The van der Waals surface area contributed by atoms with Crippen LogP contribution in [-0.4, -0.2) is 51.8 Å². The molecule has 7 nitrogen and oxygen atoms in total. The third-order valence-electron chi connectivity index (χ3n) is 5.21. The van der Waals surface area contributed by atoms with Gasteiger partial charge in [0.05, 0.1) is 25.9 Å². The van der Waals surface area contributed by atoms with Crippen LogP contribution in [0.5, 0.6) is 5.75 Å². The quantitative estimate of drug-likeness (QED) is 0.797. The molecule has 4 rings (SSSR count). The first-order valence-electron chi connectivity index (χ1n) is 9.51. The Labute approximate surface area is 157 Å². The van der Waals surface area contributed by atoms with E-state index in [1.54, 1.807) is 16.8 Å². The van der Waals surface area contributed by atoms with Crippen molar-refractivity contribution < 1.29 is 19.0 Å². The van der Waals surface area contributed by atoms with Crippen LogP contribution < -0.4 is 10.1 Å². The first kappa shape index (κ1) is 18.3. The number of nitrogens with zero attached hydrogens (tertiary/aromatic N) is 3. The third-order valence-corrected chi connectivity index (χ3v) is 5.21. The largest absolute Gasteiger partial charge is 0.485 e. The predicted molar refractivity (Wildman–Crippen MR) is 96.0 cm³/mol. The van der Waals surface area contributed by atoms with E-state index in [0.29, 0.717) is 24.2 Å². The topological polar surface area (TPSA) is 81.4 Å². The number of nitrogens with one attached hydrogen (secondary N) is 1. The van der Waals surface area contributed by atoms with Crippen LogP contribution in [-0.2, 0) is 17.9 Å². The molecule has 0 radical (unpaired) electrons. The predicted octanol–water partition coefficient (Wildman–Crippen LogP) is 1.61. The van der Waals surface area contributed by atoms with Crippen LogP contribution in [0.1, 0.15) is 36.8 Å². The van der Waals surface area contributed by atoms with Crippen molar-refractivity contribution in [1.29, 1.82) is 0 Å². The summed E-state index contributed by atoms with van der Waals surface area (Å²) < 4.78 is 26.5. The summed E-state index contributed by atoms with van der Waals surface area (Å²) >= 11 is 0. The molecule has 8 heteroatoms. The molecule has 146 valence electrons. The highest BCUT2D eigenvalue weighted by atomic mass is 19.1. The van der Waals surface area contributed by atoms with Gasteiger partial charge in [-0.25, -0.2) is 14.1 Å². The molecule has 1 aliphatic carbocycles. The van der Waals surface area contributed by atoms with Crippen molar-refractivity contribution in [2.75, 3.05) is 19.8 Å². The second-order valence-corrected chi connectivity index (χ2v) is 7.06. The molecule has 0 bridgehead atoms. The minimum atomic E-state index is -0.342. The van der Waals surface area contributed by atoms with E-state index in [9.17, 15) is 9.50 Å². The monoisotopic (exact) mass is 376 g/mol. The molecule has 2 aliphatic rings. The lowest BCUT2D eigenvalue weighted by Gasteiger charge is -2.39. The second kappa shape index (κ2) is 8.33. The van der Waals surface area contributed by atoms with Crippen LogP contribution in [0, 0.1) is 5.82 Å². The van der Waals surface area contributed by atoms with Crippen molar-refractivity contribution in [3.05, 3.63) is 41.7 Å². The highest BCUT2D eigenvalue weighted by Gasteiger charge is 2.35. The summed E-state index contributed by atoms with van der Waals surface area (Å²) in [6, 6.07) is 6.35. The lowest BCUT2D eigenvalue weighted by Crippen LogP contribution is -2.51. The second-order valence-electron chi connectivity index (χ2n) is 7.06. The highest BCUT2D eigenvalue weighted by Crippen LogP contribution is 2.34. The summed E-state index contributed by atoms with van der Waals surface area (Å²) in [6.45, 7) is 2.21. The molecular formula is C19H25FN4O3. The number of halogens is 1. The summed E-state index contributed by atoms with van der Waals surface area (Å²) in [5.41, 5.74) is 0. The Balaban J connectivity index is 1.47. The van der Waals surface area contributed by atoms with Gasteiger partial charge in [-0.15, -0.1) is 0 Å². The van der Waals surface area contributed by atoms with Gasteiger partial charge in [-0.2, -0.15) is 5.10 Å². The van der Waals surface area contributed by atoms with Crippen molar-refractivity contribution in [3.8, 4) is 5.75 Å². The number of aromatic nitrogens is 3. The highest BCUT2D eigenvalue weighted by molar-refractivity contribution is 5.22. The minimum absolute atomic E-state index is 0.000683. The maximum Gasteiger partial charge on any atom is 0.188 e. The summed E-state index contributed by atoms with van der Waals surface area (Å²) in [4.78, 5) is 4.68. The van der Waals surface area contributed by atoms with Crippen LogP contribution in [0.2, 0.25) is 0 Å². The Morgan fingerprint density at radius 2 is 2.30 bits per heavy atom. The van der Waals surface area contributed by atoms with Gasteiger partial charge in [0.1, 0.15) is 24.0 Å². The molecule has 1 aromatic carbocycles. The van der Waals surface area contributed by atoms with Crippen molar-refractivity contribution in [3.63, 3.8) is 0 Å². The van der Waals surface area contributed by atoms with Crippen LogP contribution in [0.25, 0.3) is 0 Å². The summed E-state index contributed by atoms with van der Waals surface area (Å²) in [7, 11) is 0. The van der Waals surface area contributed by atoms with Gasteiger partial charge in [0.2, 0.25) is 0 Å². The van der Waals surface area contributed by atoms with Crippen LogP contribution in [0.3, 0.4) is 0 Å². The molecule has 2 fully saturated rings. The number of hydrogen-bond acceptors (Lipinski definition) is 6. The van der Waals surface area contributed by atoms with Gasteiger partial charge >= 0.3 is 0 Å². The molecule has 2 aromatic rings. The number of morpholine rings is 1. The fourth-order valence-corrected chi connectivity index (χ4v) is 3.98. The van der Waals surface area contributed by atoms with E-state index in [-0.39, 0.29) is 31.1 Å². The van der Waals surface area contributed by atoms with E-state index in [1.807, 2.05) is 0 Å². The van der Waals surface area contributed by atoms with Gasteiger partial charge < -0.3 is 19.9 Å². The number of hydrogen-bond donors (Lipinski definition) is 2. The smallest absolute Gasteiger partial charge is 0.188 e. The van der Waals surface area contributed by atoms with E-state index in [4.69, 9.17) is 9.47 Å². The number of aliphatic hydroxyl groups is 1. The van der Waals surface area contributed by atoms with Crippen molar-refractivity contribution in [2.24, 2.45) is 0 Å². The van der Waals surface area contributed by atoms with Gasteiger partial charge in [-0.3, -0.25) is 0 Å². The van der Waals surface area contributed by atoms with E-state index < -0.39 is 0 Å². The standard InChI is InChI=1S/C19H25FN4O3/c20-14-2-1-3-15(11-14)27-12-18-22-19(24(23-18)7-8-25)13-4-5-17-16(10-13)21-6-9-26-17/h1-3,11,13,16-17,21,25H,4-10,12H2/t13-,16+,17+/m0/s1. The average molecular weight is 376 g/mol. The number of ether oxygens (including phenoxy) is 2. The number of fused-ring (bicyclic) bond motifs is 1. The fraction of sp³-hybridized carbons (Fsp3) is 0.579. The Morgan fingerprint density at radius 3 is 3.15 bits per heavy atom. The summed E-state index contributed by atoms with van der Waals surface area (Å²) in [5, 5.41) is 17.4. The molecule has 0 unspecified atom stereocenters. The van der Waals surface area contributed by atoms with Crippen LogP contribution in [0.15, 0.2) is 24.3 Å². The molecule has 3 atom stereocenters. The van der Waals surface area contributed by atoms with Crippen LogP contribution >= 0.6 is 0 Å². The van der Waals surface area contributed by atoms with E-state index >= 15 is 0 Å². The van der Waals surface area contributed by atoms with E-state index in [0.717, 1.165) is 38.2 Å². The zero-order valence-electron chi connectivity index (χ0n) is 15.2. The summed E-state index contributed by atoms with van der Waals surface area (Å²) in [6.07, 6.45) is 3.19. The molecule has 1 saturated carbocycles. The molecule has 1 saturated heterocycles. The lowest BCUT2D eigenvalue weighted by atomic mass is 9.82. The molecule has 0 spiro atoms. The third kappa shape index (κ3) is 4.28. The zero-order valence-corrected chi connectivity index (χ0v) is 15.2. The van der Waals surface area contributed by atoms with E-state index in [2.05, 4.69) is 15.4 Å². The van der Waals surface area contributed by atoms with Crippen LogP contribution in [0.4, 0.5) is 4.39 Å². The van der Waals surface area contributed by atoms with Crippen molar-refractivity contribution in [2.45, 2.75) is 50.5 Å². The van der Waals surface area contributed by atoms with Gasteiger partial charge in [-0.1, -0.05) is 6.07 Å². The average Bonchev–Trinajstić information content (AvgIpc) is 3.09. The molecule has 2 heterocycles. The molecule has 2 N–H and O–H groups in total. The number of aliphatic hydroxyl groups excluding tert-OH is 1. The maximum atomic E-state index is 13.3. The maximum absolute atomic E-state index is 13.3. The summed E-state index contributed by atoms with van der Waals surface area (Å²) in [5.74, 6) is 1.79.